The molecule has 2 aliphatic heterocycles. The van der Waals surface area contributed by atoms with E-state index in [0.717, 1.165) is 36.9 Å². The average Bonchev–Trinajstić information content (AvgIpc) is 3.15. The fourth-order valence-corrected chi connectivity index (χ4v) is 5.14. The Morgan fingerprint density at radius 3 is 2.95 bits per heavy atom. The molecule has 6 nitrogen and oxygen atoms in total. The molecule has 0 spiro atoms. The van der Waals surface area contributed by atoms with Crippen molar-refractivity contribution >= 4 is 10.0 Å². The van der Waals surface area contributed by atoms with Gasteiger partial charge in [0.25, 0.3) is 0 Å². The van der Waals surface area contributed by atoms with Crippen molar-refractivity contribution in [2.24, 2.45) is 5.92 Å². The van der Waals surface area contributed by atoms with Gasteiger partial charge in [0.2, 0.25) is 10.0 Å². The highest BCUT2D eigenvalue weighted by Crippen LogP contribution is 2.29. The van der Waals surface area contributed by atoms with Gasteiger partial charge in [0.1, 0.15) is 0 Å². The maximum Gasteiger partial charge on any atom is 0.240 e. The normalized spacial score (nSPS) is 31.0. The average molecular weight is 323 g/mol. The van der Waals surface area contributed by atoms with Crippen LogP contribution in [0.25, 0.3) is 0 Å². The molecule has 2 heterocycles. The molecule has 3 aliphatic rings. The molecule has 0 bridgehead atoms. The summed E-state index contributed by atoms with van der Waals surface area (Å²) in [6.45, 7) is 1.89. The monoisotopic (exact) mass is 323 g/mol. The first-order chi connectivity index (χ1) is 10.6. The van der Waals surface area contributed by atoms with Crippen LogP contribution in [-0.4, -0.2) is 27.0 Å². The van der Waals surface area contributed by atoms with Gasteiger partial charge in [0.05, 0.1) is 18.1 Å². The molecule has 120 valence electrons. The molecule has 1 aromatic carbocycles. The number of hydrogen-bond acceptors (Lipinski definition) is 5. The second-order valence-corrected chi connectivity index (χ2v) is 8.09. The van der Waals surface area contributed by atoms with Crippen molar-refractivity contribution in [1.82, 2.24) is 15.6 Å². The van der Waals surface area contributed by atoms with Gasteiger partial charge in [-0.25, -0.2) is 13.1 Å². The molecule has 0 radical (unpaired) electrons. The van der Waals surface area contributed by atoms with Gasteiger partial charge in [-0.1, -0.05) is 12.5 Å². The molecule has 3 N–H and O–H groups in total. The fourth-order valence-electron chi connectivity index (χ4n) is 3.77. The van der Waals surface area contributed by atoms with E-state index in [4.69, 9.17) is 4.74 Å². The molecular formula is C15H21N3O3S. The fraction of sp³-hybridized carbons (Fsp3) is 0.600. The molecular weight excluding hydrogens is 302 g/mol. The smallest absolute Gasteiger partial charge is 0.240 e. The third-order valence-electron chi connectivity index (χ3n) is 5.00. The minimum Gasteiger partial charge on any atom is -0.372 e. The Kier molecular flexibility index (Phi) is 3.70. The van der Waals surface area contributed by atoms with E-state index >= 15 is 0 Å². The Balaban J connectivity index is 1.56. The van der Waals surface area contributed by atoms with Crippen LogP contribution in [0.2, 0.25) is 0 Å². The van der Waals surface area contributed by atoms with Crippen LogP contribution in [0, 0.1) is 5.92 Å². The van der Waals surface area contributed by atoms with Crippen molar-refractivity contribution < 1.29 is 13.2 Å². The molecule has 1 saturated carbocycles. The maximum absolute atomic E-state index is 12.7. The lowest BCUT2D eigenvalue weighted by Crippen LogP contribution is -2.48. The molecule has 3 unspecified atom stereocenters. The largest absolute Gasteiger partial charge is 0.372 e. The van der Waals surface area contributed by atoms with Gasteiger partial charge in [0.15, 0.2) is 0 Å². The van der Waals surface area contributed by atoms with E-state index in [-0.39, 0.29) is 6.04 Å². The molecule has 4 rings (SSSR count). The van der Waals surface area contributed by atoms with Crippen LogP contribution in [0.5, 0.6) is 0 Å². The number of fused-ring (bicyclic) bond motifs is 2. The lowest BCUT2D eigenvalue weighted by molar-refractivity contribution is 0.134. The SMILES string of the molecule is O=S(=O)(NC1CCCC2NNCC21)c1ccc2c(c1)COC2. The Morgan fingerprint density at radius 2 is 2.05 bits per heavy atom. The number of rotatable bonds is 3. The maximum atomic E-state index is 12.7. The van der Waals surface area contributed by atoms with Gasteiger partial charge >= 0.3 is 0 Å². The van der Waals surface area contributed by atoms with Crippen molar-refractivity contribution in [2.45, 2.75) is 49.5 Å². The van der Waals surface area contributed by atoms with Crippen molar-refractivity contribution in [3.63, 3.8) is 0 Å². The molecule has 1 saturated heterocycles. The predicted octanol–water partition coefficient (Wildman–Crippen LogP) is 0.640. The predicted molar refractivity (Wildman–Crippen MR) is 81.3 cm³/mol. The van der Waals surface area contributed by atoms with E-state index in [0.29, 0.717) is 30.1 Å². The van der Waals surface area contributed by atoms with Crippen molar-refractivity contribution in [2.75, 3.05) is 6.54 Å². The van der Waals surface area contributed by atoms with E-state index < -0.39 is 10.0 Å². The minimum absolute atomic E-state index is 0.00393. The number of hydrazine groups is 1. The van der Waals surface area contributed by atoms with Gasteiger partial charge in [-0.15, -0.1) is 0 Å². The van der Waals surface area contributed by atoms with E-state index in [1.54, 1.807) is 12.1 Å². The highest BCUT2D eigenvalue weighted by Gasteiger charge is 2.38. The van der Waals surface area contributed by atoms with Crippen LogP contribution in [0.3, 0.4) is 0 Å². The molecule has 0 aromatic heterocycles. The van der Waals surface area contributed by atoms with Crippen molar-refractivity contribution in [3.05, 3.63) is 29.3 Å². The molecule has 1 aromatic rings. The zero-order valence-corrected chi connectivity index (χ0v) is 13.2. The van der Waals surface area contributed by atoms with E-state index in [1.165, 1.54) is 0 Å². The van der Waals surface area contributed by atoms with Crippen LogP contribution >= 0.6 is 0 Å². The number of benzene rings is 1. The highest BCUT2D eigenvalue weighted by atomic mass is 32.2. The lowest BCUT2D eigenvalue weighted by atomic mass is 9.82. The zero-order chi connectivity index (χ0) is 15.2. The minimum atomic E-state index is -3.48. The summed E-state index contributed by atoms with van der Waals surface area (Å²) in [5.74, 6) is 0.321. The number of hydrogen-bond donors (Lipinski definition) is 3. The number of nitrogens with one attached hydrogen (secondary N) is 3. The third kappa shape index (κ3) is 2.57. The Labute approximate surface area is 130 Å². The quantitative estimate of drug-likeness (QED) is 0.761. The van der Waals surface area contributed by atoms with Crippen molar-refractivity contribution in [3.8, 4) is 0 Å². The topological polar surface area (TPSA) is 79.5 Å². The van der Waals surface area contributed by atoms with Crippen LogP contribution in [-0.2, 0) is 28.0 Å². The summed E-state index contributed by atoms with van der Waals surface area (Å²) in [6.07, 6.45) is 3.05. The Morgan fingerprint density at radius 1 is 1.18 bits per heavy atom. The van der Waals surface area contributed by atoms with Gasteiger partial charge in [0, 0.05) is 24.5 Å². The lowest BCUT2D eigenvalue weighted by Gasteiger charge is -2.32. The summed E-state index contributed by atoms with van der Waals surface area (Å²) in [5, 5.41) is 0. The second kappa shape index (κ2) is 5.58. The van der Waals surface area contributed by atoms with Gasteiger partial charge < -0.3 is 4.74 Å². The second-order valence-electron chi connectivity index (χ2n) is 6.38. The van der Waals surface area contributed by atoms with Gasteiger partial charge in [-0.3, -0.25) is 10.9 Å². The highest BCUT2D eigenvalue weighted by molar-refractivity contribution is 7.89. The summed E-state index contributed by atoms with van der Waals surface area (Å²) < 4.78 is 33.7. The Bertz CT molecular complexity index is 677. The van der Waals surface area contributed by atoms with Gasteiger partial charge in [-0.2, -0.15) is 0 Å². The molecule has 0 amide bonds. The molecule has 1 aliphatic carbocycles. The summed E-state index contributed by atoms with van der Waals surface area (Å²) in [4.78, 5) is 0.345. The number of ether oxygens (including phenoxy) is 1. The van der Waals surface area contributed by atoms with E-state index in [9.17, 15) is 8.42 Å². The van der Waals surface area contributed by atoms with E-state index in [1.807, 2.05) is 6.07 Å². The van der Waals surface area contributed by atoms with Gasteiger partial charge in [-0.05, 0) is 36.1 Å². The van der Waals surface area contributed by atoms with Crippen LogP contribution in [0.15, 0.2) is 23.1 Å². The van der Waals surface area contributed by atoms with Crippen molar-refractivity contribution in [1.29, 1.82) is 0 Å². The summed E-state index contributed by atoms with van der Waals surface area (Å²) in [6, 6.07) is 5.65. The summed E-state index contributed by atoms with van der Waals surface area (Å²) >= 11 is 0. The molecule has 7 heteroatoms. The molecule has 2 fully saturated rings. The molecule has 22 heavy (non-hydrogen) atoms. The zero-order valence-electron chi connectivity index (χ0n) is 12.3. The van der Waals surface area contributed by atoms with Crippen LogP contribution in [0.1, 0.15) is 30.4 Å². The number of sulfonamides is 1. The summed E-state index contributed by atoms with van der Waals surface area (Å²) in [5.41, 5.74) is 8.46. The third-order valence-corrected chi connectivity index (χ3v) is 6.49. The standard InChI is InChI=1S/C15H21N3O3S/c19-22(20,12-5-4-10-8-21-9-11(10)6-12)18-15-3-1-2-14-13(15)7-16-17-14/h4-6,13-18H,1-3,7-9H2. The summed E-state index contributed by atoms with van der Waals surface area (Å²) in [7, 11) is -3.48. The van der Waals surface area contributed by atoms with E-state index in [2.05, 4.69) is 15.6 Å². The first kappa shape index (κ1) is 14.6. The van der Waals surface area contributed by atoms with Crippen LogP contribution in [0.4, 0.5) is 0 Å². The van der Waals surface area contributed by atoms with Crippen LogP contribution < -0.4 is 15.6 Å². The Hall–Kier alpha value is -0.990. The molecule has 3 atom stereocenters. The first-order valence-electron chi connectivity index (χ1n) is 7.84. The first-order valence-corrected chi connectivity index (χ1v) is 9.32.